The molecule has 1 fully saturated rings. The first kappa shape index (κ1) is 12.5. The van der Waals surface area contributed by atoms with Crippen molar-refractivity contribution in [3.05, 3.63) is 0 Å². The van der Waals surface area contributed by atoms with Gasteiger partial charge in [0, 0.05) is 13.0 Å². The molecule has 0 aliphatic carbocycles. The molecule has 1 atom stereocenters. The number of carbonyl (C=O) groups is 3. The Kier molecular flexibility index (Phi) is 4.28. The van der Waals surface area contributed by atoms with Crippen LogP contribution in [0.15, 0.2) is 0 Å². The molecule has 0 saturated carbocycles. The van der Waals surface area contributed by atoms with Gasteiger partial charge in [0.2, 0.25) is 11.8 Å². The number of hydrogen-bond acceptors (Lipinski definition) is 3. The molecule has 0 aromatic rings. The summed E-state index contributed by atoms with van der Waals surface area (Å²) in [5, 5.41) is 10.7. The predicted octanol–water partition coefficient (Wildman–Crippen LogP) is -0.412. The Morgan fingerprint density at radius 2 is 2.19 bits per heavy atom. The highest BCUT2D eigenvalue weighted by Gasteiger charge is 2.27. The maximum atomic E-state index is 11.5. The number of nitrogens with one attached hydrogen (secondary N) is 1. The van der Waals surface area contributed by atoms with Crippen LogP contribution in [-0.4, -0.2) is 46.9 Å². The molecule has 6 nitrogen and oxygen atoms in total. The Labute approximate surface area is 93.6 Å². The lowest BCUT2D eigenvalue weighted by Crippen LogP contribution is -2.50. The zero-order valence-electron chi connectivity index (χ0n) is 9.23. The van der Waals surface area contributed by atoms with Crippen molar-refractivity contribution in [1.82, 2.24) is 10.2 Å². The first-order chi connectivity index (χ1) is 7.52. The SMILES string of the molecule is CC(C(=O)NCC(=O)O)N1CCCCC1=O. The van der Waals surface area contributed by atoms with Crippen LogP contribution in [0.4, 0.5) is 0 Å². The quantitative estimate of drug-likeness (QED) is 0.684. The van der Waals surface area contributed by atoms with Gasteiger partial charge in [0.15, 0.2) is 0 Å². The Balaban J connectivity index is 2.48. The highest BCUT2D eigenvalue weighted by Crippen LogP contribution is 2.13. The smallest absolute Gasteiger partial charge is 0.322 e. The number of amides is 2. The number of piperidine rings is 1. The average Bonchev–Trinajstić information content (AvgIpc) is 2.25. The minimum absolute atomic E-state index is 0.0378. The topological polar surface area (TPSA) is 86.7 Å². The minimum Gasteiger partial charge on any atom is -0.480 e. The maximum absolute atomic E-state index is 11.5. The molecule has 1 heterocycles. The van der Waals surface area contributed by atoms with Crippen molar-refractivity contribution in [2.24, 2.45) is 0 Å². The Hall–Kier alpha value is -1.59. The van der Waals surface area contributed by atoms with Gasteiger partial charge in [-0.2, -0.15) is 0 Å². The summed E-state index contributed by atoms with van der Waals surface area (Å²) in [6, 6.07) is -0.591. The maximum Gasteiger partial charge on any atom is 0.322 e. The number of carboxylic acids is 1. The van der Waals surface area contributed by atoms with Crippen LogP contribution >= 0.6 is 0 Å². The molecule has 0 radical (unpaired) electrons. The molecule has 1 aliphatic rings. The molecule has 90 valence electrons. The molecule has 2 amide bonds. The number of likely N-dealkylation sites (tertiary alicyclic amines) is 1. The van der Waals surface area contributed by atoms with Gasteiger partial charge < -0.3 is 15.3 Å². The van der Waals surface area contributed by atoms with Crippen LogP contribution in [0, 0.1) is 0 Å². The van der Waals surface area contributed by atoms with E-state index in [2.05, 4.69) is 5.32 Å². The van der Waals surface area contributed by atoms with Crippen LogP contribution < -0.4 is 5.32 Å². The van der Waals surface area contributed by atoms with Gasteiger partial charge in [-0.25, -0.2) is 0 Å². The number of hydrogen-bond donors (Lipinski definition) is 2. The molecular formula is C10H16N2O4. The number of carboxylic acid groups (broad SMARTS) is 1. The summed E-state index contributed by atoms with van der Waals surface area (Å²) in [6.45, 7) is 1.77. The third-order valence-electron chi connectivity index (χ3n) is 2.62. The molecule has 0 bridgehead atoms. The Bertz CT molecular complexity index is 303. The second-order valence-corrected chi connectivity index (χ2v) is 3.83. The van der Waals surface area contributed by atoms with Crippen LogP contribution in [0.25, 0.3) is 0 Å². The molecule has 0 aromatic carbocycles. The van der Waals surface area contributed by atoms with E-state index in [0.29, 0.717) is 13.0 Å². The van der Waals surface area contributed by atoms with Gasteiger partial charge in [-0.3, -0.25) is 14.4 Å². The van der Waals surface area contributed by atoms with Crippen LogP contribution in [0.2, 0.25) is 0 Å². The summed E-state index contributed by atoms with van der Waals surface area (Å²) < 4.78 is 0. The summed E-state index contributed by atoms with van der Waals surface area (Å²) in [5.74, 6) is -1.55. The lowest BCUT2D eigenvalue weighted by molar-refractivity contribution is -0.143. The Morgan fingerprint density at radius 1 is 1.50 bits per heavy atom. The normalized spacial score (nSPS) is 18.1. The number of rotatable bonds is 4. The second-order valence-electron chi connectivity index (χ2n) is 3.83. The number of nitrogens with zero attached hydrogens (tertiary/aromatic N) is 1. The Morgan fingerprint density at radius 3 is 2.75 bits per heavy atom. The second kappa shape index (κ2) is 5.48. The zero-order valence-corrected chi connectivity index (χ0v) is 9.23. The van der Waals surface area contributed by atoms with E-state index in [0.717, 1.165) is 12.8 Å². The minimum atomic E-state index is -1.09. The van der Waals surface area contributed by atoms with Gasteiger partial charge in [-0.15, -0.1) is 0 Å². The molecule has 0 spiro atoms. The fraction of sp³-hybridized carbons (Fsp3) is 0.700. The van der Waals surface area contributed by atoms with Crippen molar-refractivity contribution >= 4 is 17.8 Å². The first-order valence-corrected chi connectivity index (χ1v) is 5.31. The standard InChI is InChI=1S/C10H16N2O4/c1-7(10(16)11-6-9(14)15)12-5-3-2-4-8(12)13/h7H,2-6H2,1H3,(H,11,16)(H,14,15). The van der Waals surface area contributed by atoms with Crippen molar-refractivity contribution in [3.63, 3.8) is 0 Å². The summed E-state index contributed by atoms with van der Waals surface area (Å²) in [7, 11) is 0. The van der Waals surface area contributed by atoms with Crippen molar-refractivity contribution in [3.8, 4) is 0 Å². The monoisotopic (exact) mass is 228 g/mol. The molecule has 1 aliphatic heterocycles. The molecule has 1 unspecified atom stereocenters. The predicted molar refractivity (Wildman–Crippen MR) is 55.7 cm³/mol. The third kappa shape index (κ3) is 3.22. The molecular weight excluding hydrogens is 212 g/mol. The van der Waals surface area contributed by atoms with Crippen LogP contribution in [0.3, 0.4) is 0 Å². The van der Waals surface area contributed by atoms with E-state index in [-0.39, 0.29) is 5.91 Å². The van der Waals surface area contributed by atoms with Gasteiger partial charge >= 0.3 is 5.97 Å². The van der Waals surface area contributed by atoms with Gasteiger partial charge in [0.25, 0.3) is 0 Å². The fourth-order valence-electron chi connectivity index (χ4n) is 1.69. The lowest BCUT2D eigenvalue weighted by atomic mass is 10.1. The fourth-order valence-corrected chi connectivity index (χ4v) is 1.69. The number of aliphatic carboxylic acids is 1. The molecule has 1 rings (SSSR count). The lowest BCUT2D eigenvalue weighted by Gasteiger charge is -2.31. The van der Waals surface area contributed by atoms with E-state index < -0.39 is 24.5 Å². The molecule has 6 heteroatoms. The van der Waals surface area contributed by atoms with Crippen LogP contribution in [0.5, 0.6) is 0 Å². The molecule has 1 saturated heterocycles. The van der Waals surface area contributed by atoms with E-state index in [9.17, 15) is 14.4 Å². The van der Waals surface area contributed by atoms with Crippen molar-refractivity contribution < 1.29 is 19.5 Å². The number of carbonyl (C=O) groups excluding carboxylic acids is 2. The largest absolute Gasteiger partial charge is 0.480 e. The molecule has 0 aromatic heterocycles. The highest BCUT2D eigenvalue weighted by atomic mass is 16.4. The van der Waals surface area contributed by atoms with Crippen molar-refractivity contribution in [2.45, 2.75) is 32.2 Å². The van der Waals surface area contributed by atoms with E-state index in [1.165, 1.54) is 4.90 Å². The first-order valence-electron chi connectivity index (χ1n) is 5.31. The highest BCUT2D eigenvalue weighted by molar-refractivity contribution is 5.89. The van der Waals surface area contributed by atoms with Crippen molar-refractivity contribution in [2.75, 3.05) is 13.1 Å². The summed E-state index contributed by atoms with van der Waals surface area (Å²) in [4.78, 5) is 34.8. The zero-order chi connectivity index (χ0) is 12.1. The third-order valence-corrected chi connectivity index (χ3v) is 2.62. The molecule has 16 heavy (non-hydrogen) atoms. The van der Waals surface area contributed by atoms with Gasteiger partial charge in [0.05, 0.1) is 0 Å². The van der Waals surface area contributed by atoms with Gasteiger partial charge in [0.1, 0.15) is 12.6 Å². The van der Waals surface area contributed by atoms with Gasteiger partial charge in [-0.05, 0) is 19.8 Å². The van der Waals surface area contributed by atoms with E-state index in [4.69, 9.17) is 5.11 Å². The van der Waals surface area contributed by atoms with Crippen LogP contribution in [-0.2, 0) is 14.4 Å². The summed E-state index contributed by atoms with van der Waals surface area (Å²) in [6.07, 6.45) is 2.22. The van der Waals surface area contributed by atoms with E-state index in [1.54, 1.807) is 6.92 Å². The average molecular weight is 228 g/mol. The van der Waals surface area contributed by atoms with E-state index >= 15 is 0 Å². The van der Waals surface area contributed by atoms with Crippen molar-refractivity contribution in [1.29, 1.82) is 0 Å². The molecule has 2 N–H and O–H groups in total. The van der Waals surface area contributed by atoms with Crippen LogP contribution in [0.1, 0.15) is 26.2 Å². The summed E-state index contributed by atoms with van der Waals surface area (Å²) >= 11 is 0. The summed E-state index contributed by atoms with van der Waals surface area (Å²) in [5.41, 5.74) is 0. The van der Waals surface area contributed by atoms with Gasteiger partial charge in [-0.1, -0.05) is 0 Å². The van der Waals surface area contributed by atoms with E-state index in [1.807, 2.05) is 0 Å².